The molecule has 1 aliphatic heterocycles. The van der Waals surface area contributed by atoms with E-state index in [0.717, 1.165) is 10.7 Å². The van der Waals surface area contributed by atoms with E-state index in [0.29, 0.717) is 12.3 Å². The number of nitrogens with zero attached hydrogens (tertiary/aromatic N) is 1. The molecule has 0 unspecified atom stereocenters. The molecule has 0 aliphatic carbocycles. The molecule has 0 spiro atoms. The van der Waals surface area contributed by atoms with Crippen LogP contribution in [-0.4, -0.2) is 59.3 Å². The fourth-order valence-corrected chi connectivity index (χ4v) is 2.64. The normalized spacial score (nSPS) is 22.1. The number of alkyl halides is 3. The van der Waals surface area contributed by atoms with E-state index in [2.05, 4.69) is 11.9 Å². The topological polar surface area (TPSA) is 69.6 Å². The first-order valence-electron chi connectivity index (χ1n) is 6.28. The van der Waals surface area contributed by atoms with Crippen LogP contribution >= 0.6 is 11.8 Å². The number of carboxylic acid groups (broad SMARTS) is 1. The molecule has 9 heteroatoms. The highest BCUT2D eigenvalue weighted by Crippen LogP contribution is 2.37. The summed E-state index contributed by atoms with van der Waals surface area (Å²) in [6, 6.07) is -0.660. The average Bonchev–Trinajstić information content (AvgIpc) is 2.83. The predicted octanol–water partition coefficient (Wildman–Crippen LogP) is 1.81. The molecule has 0 radical (unpaired) electrons. The summed E-state index contributed by atoms with van der Waals surface area (Å²) in [7, 11) is 0. The molecule has 21 heavy (non-hydrogen) atoms. The zero-order valence-corrected chi connectivity index (χ0v) is 12.0. The Kier molecular flexibility index (Phi) is 6.38. The van der Waals surface area contributed by atoms with Crippen LogP contribution in [0.5, 0.6) is 0 Å². The lowest BCUT2D eigenvalue weighted by atomic mass is 9.96. The molecule has 1 fully saturated rings. The first-order valence-corrected chi connectivity index (χ1v) is 7.43. The minimum absolute atomic E-state index is 0.308. The van der Waals surface area contributed by atoms with Gasteiger partial charge in [0.25, 0.3) is 0 Å². The van der Waals surface area contributed by atoms with E-state index in [9.17, 15) is 22.8 Å². The third-order valence-corrected chi connectivity index (χ3v) is 4.07. The zero-order valence-electron chi connectivity index (χ0n) is 11.2. The van der Waals surface area contributed by atoms with Crippen molar-refractivity contribution in [1.82, 2.24) is 10.2 Å². The van der Waals surface area contributed by atoms with E-state index in [-0.39, 0.29) is 0 Å². The molecule has 0 aromatic rings. The smallest absolute Gasteiger partial charge is 0.394 e. The van der Waals surface area contributed by atoms with Crippen LogP contribution in [0.1, 0.15) is 0 Å². The maximum Gasteiger partial charge on any atom is 0.394 e. The van der Waals surface area contributed by atoms with Crippen molar-refractivity contribution in [2.75, 3.05) is 31.1 Å². The Hall–Kier alpha value is -1.38. The molecule has 1 aliphatic rings. The highest BCUT2D eigenvalue weighted by molar-refractivity contribution is 7.99. The number of nitrogens with one attached hydrogen (secondary N) is 1. The Balaban J connectivity index is 2.51. The summed E-state index contributed by atoms with van der Waals surface area (Å²) in [5.41, 5.74) is 0. The molecular formula is C12H17F3N2O3S. The number of carboxylic acids is 1. The number of rotatable bonds is 6. The fourth-order valence-electron chi connectivity index (χ4n) is 2.06. The number of likely N-dealkylation sites (tertiary alicyclic amines) is 1. The third-order valence-electron chi connectivity index (χ3n) is 3.10. The molecule has 1 rings (SSSR count). The number of carbonyl (C=O) groups is 2. The van der Waals surface area contributed by atoms with Gasteiger partial charge in [0.2, 0.25) is 0 Å². The number of hydrogen-bond acceptors (Lipinski definition) is 3. The molecule has 0 aromatic heterocycles. The molecule has 1 heterocycles. The van der Waals surface area contributed by atoms with E-state index in [1.807, 2.05) is 0 Å². The molecule has 0 saturated carbocycles. The number of thioether (sulfide) groups is 1. The summed E-state index contributed by atoms with van der Waals surface area (Å²) in [5, 5.41) is 11.3. The predicted molar refractivity (Wildman–Crippen MR) is 73.2 cm³/mol. The van der Waals surface area contributed by atoms with Crippen LogP contribution in [0.25, 0.3) is 0 Å². The van der Waals surface area contributed by atoms with Crippen molar-refractivity contribution in [3.8, 4) is 0 Å². The second-order valence-corrected chi connectivity index (χ2v) is 5.74. The zero-order chi connectivity index (χ0) is 16.0. The monoisotopic (exact) mass is 326 g/mol. The van der Waals surface area contributed by atoms with E-state index >= 15 is 0 Å². The first kappa shape index (κ1) is 17.7. The van der Waals surface area contributed by atoms with Gasteiger partial charge in [0, 0.05) is 31.1 Å². The Morgan fingerprint density at radius 3 is 2.57 bits per heavy atom. The van der Waals surface area contributed by atoms with Gasteiger partial charge in [-0.05, 0) is 0 Å². The molecule has 2 atom stereocenters. The minimum atomic E-state index is -4.63. The number of halogens is 3. The number of carbonyl (C=O) groups excluding carboxylic acids is 1. The number of amides is 2. The molecule has 120 valence electrons. The molecular weight excluding hydrogens is 309 g/mol. The lowest BCUT2D eigenvalue weighted by Crippen LogP contribution is -2.40. The van der Waals surface area contributed by atoms with Crippen molar-refractivity contribution >= 4 is 23.8 Å². The summed E-state index contributed by atoms with van der Waals surface area (Å²) in [4.78, 5) is 23.5. The summed E-state index contributed by atoms with van der Waals surface area (Å²) in [6.07, 6.45) is -2.92. The molecule has 0 aromatic carbocycles. The van der Waals surface area contributed by atoms with Crippen LogP contribution in [0.4, 0.5) is 18.0 Å². The van der Waals surface area contributed by atoms with Gasteiger partial charge < -0.3 is 15.3 Å². The van der Waals surface area contributed by atoms with E-state index in [1.54, 1.807) is 6.08 Å². The lowest BCUT2D eigenvalue weighted by Gasteiger charge is -2.18. The second-order valence-electron chi connectivity index (χ2n) is 4.59. The standard InChI is InChI=1S/C12H17F3N2O3S/c1-2-4-21-5-3-16-11(20)17-6-8(10(18)19)9(7-17)12(13,14)15/h2,8-9H,1,3-7H2,(H,16,20)(H,18,19)/t8-,9-/m1/s1. The van der Waals surface area contributed by atoms with Gasteiger partial charge in [0.05, 0.1) is 11.8 Å². The quantitative estimate of drug-likeness (QED) is 0.577. The lowest BCUT2D eigenvalue weighted by molar-refractivity contribution is -0.187. The molecule has 2 amide bonds. The Morgan fingerprint density at radius 2 is 2.10 bits per heavy atom. The Morgan fingerprint density at radius 1 is 1.43 bits per heavy atom. The fraction of sp³-hybridized carbons (Fsp3) is 0.667. The van der Waals surface area contributed by atoms with E-state index < -0.39 is 43.1 Å². The third kappa shape index (κ3) is 5.14. The van der Waals surface area contributed by atoms with Gasteiger partial charge in [0.1, 0.15) is 0 Å². The highest BCUT2D eigenvalue weighted by atomic mass is 32.2. The molecule has 0 bridgehead atoms. The van der Waals surface area contributed by atoms with Gasteiger partial charge in [-0.1, -0.05) is 6.08 Å². The largest absolute Gasteiger partial charge is 0.481 e. The van der Waals surface area contributed by atoms with Crippen molar-refractivity contribution in [2.24, 2.45) is 11.8 Å². The van der Waals surface area contributed by atoms with Crippen LogP contribution in [0.3, 0.4) is 0 Å². The van der Waals surface area contributed by atoms with Crippen molar-refractivity contribution in [1.29, 1.82) is 0 Å². The summed E-state index contributed by atoms with van der Waals surface area (Å²) in [6.45, 7) is 2.80. The molecule has 1 saturated heterocycles. The minimum Gasteiger partial charge on any atom is -0.481 e. The first-order chi connectivity index (χ1) is 9.77. The van der Waals surface area contributed by atoms with Crippen LogP contribution in [0.2, 0.25) is 0 Å². The van der Waals surface area contributed by atoms with E-state index in [1.165, 1.54) is 11.8 Å². The highest BCUT2D eigenvalue weighted by Gasteiger charge is 2.53. The maximum absolute atomic E-state index is 12.8. The van der Waals surface area contributed by atoms with Gasteiger partial charge in [-0.3, -0.25) is 4.79 Å². The van der Waals surface area contributed by atoms with Gasteiger partial charge in [0.15, 0.2) is 0 Å². The summed E-state index contributed by atoms with van der Waals surface area (Å²) in [5.74, 6) is -3.83. The van der Waals surface area contributed by atoms with Gasteiger partial charge in [-0.25, -0.2) is 4.79 Å². The average molecular weight is 326 g/mol. The van der Waals surface area contributed by atoms with Crippen molar-refractivity contribution in [3.63, 3.8) is 0 Å². The Labute approximate surface area is 124 Å². The number of aliphatic carboxylic acids is 1. The van der Waals surface area contributed by atoms with E-state index in [4.69, 9.17) is 5.11 Å². The van der Waals surface area contributed by atoms with Crippen LogP contribution in [0, 0.1) is 11.8 Å². The summed E-state index contributed by atoms with van der Waals surface area (Å²) < 4.78 is 38.3. The Bertz CT molecular complexity index is 404. The van der Waals surface area contributed by atoms with Gasteiger partial charge >= 0.3 is 18.2 Å². The number of urea groups is 1. The molecule has 2 N–H and O–H groups in total. The van der Waals surface area contributed by atoms with Crippen molar-refractivity contribution in [3.05, 3.63) is 12.7 Å². The number of hydrogen-bond donors (Lipinski definition) is 2. The molecule has 5 nitrogen and oxygen atoms in total. The van der Waals surface area contributed by atoms with Gasteiger partial charge in [-0.15, -0.1) is 6.58 Å². The van der Waals surface area contributed by atoms with Crippen molar-refractivity contribution in [2.45, 2.75) is 6.18 Å². The second kappa shape index (κ2) is 7.58. The maximum atomic E-state index is 12.8. The summed E-state index contributed by atoms with van der Waals surface area (Å²) >= 11 is 1.52. The van der Waals surface area contributed by atoms with Crippen LogP contribution in [0.15, 0.2) is 12.7 Å². The van der Waals surface area contributed by atoms with Gasteiger partial charge in [-0.2, -0.15) is 24.9 Å². The van der Waals surface area contributed by atoms with Crippen LogP contribution in [-0.2, 0) is 4.79 Å². The SMILES string of the molecule is C=CCSCCNC(=O)N1C[C@@H](C(F)(F)F)[C@H](C(=O)O)C1. The van der Waals surface area contributed by atoms with Crippen LogP contribution < -0.4 is 5.32 Å². The van der Waals surface area contributed by atoms with Crippen molar-refractivity contribution < 1.29 is 27.9 Å².